The lowest BCUT2D eigenvalue weighted by atomic mass is 10.0. The minimum atomic E-state index is 0.773. The van der Waals surface area contributed by atoms with Crippen molar-refractivity contribution in [2.75, 3.05) is 9.80 Å². The molecule has 254 valence electrons. The summed E-state index contributed by atoms with van der Waals surface area (Å²) in [7, 11) is 0. The van der Waals surface area contributed by atoms with E-state index in [1.807, 2.05) is 0 Å². The van der Waals surface area contributed by atoms with Crippen LogP contribution in [0.25, 0.3) is 65.4 Å². The van der Waals surface area contributed by atoms with Gasteiger partial charge in [-0.2, -0.15) is 0 Å². The molecule has 0 amide bonds. The van der Waals surface area contributed by atoms with E-state index in [0.717, 1.165) is 99.5 Å². The van der Waals surface area contributed by atoms with Crippen molar-refractivity contribution in [1.29, 1.82) is 0 Å². The molecule has 0 saturated carbocycles. The number of benzene rings is 9. The minimum absolute atomic E-state index is 0.773. The molecule has 0 fully saturated rings. The van der Waals surface area contributed by atoms with Gasteiger partial charge in [0.05, 0.1) is 0 Å². The Morgan fingerprint density at radius 1 is 0.241 bits per heavy atom. The lowest BCUT2D eigenvalue weighted by Gasteiger charge is -2.25. The van der Waals surface area contributed by atoms with Crippen LogP contribution >= 0.6 is 0 Å². The van der Waals surface area contributed by atoms with Crippen LogP contribution in [0.4, 0.5) is 34.1 Å². The van der Waals surface area contributed by atoms with Gasteiger partial charge in [0.2, 0.25) is 0 Å². The summed E-state index contributed by atoms with van der Waals surface area (Å²) in [6, 6.07) is 68.3. The van der Waals surface area contributed by atoms with Crippen molar-refractivity contribution >= 4 is 99.5 Å². The third-order valence-corrected chi connectivity index (χ3v) is 10.6. The molecule has 2 heterocycles. The second kappa shape index (κ2) is 12.1. The van der Waals surface area contributed by atoms with Crippen molar-refractivity contribution < 1.29 is 8.83 Å². The zero-order valence-electron chi connectivity index (χ0n) is 29.2. The van der Waals surface area contributed by atoms with Crippen molar-refractivity contribution in [3.8, 4) is 0 Å². The van der Waals surface area contributed by atoms with Gasteiger partial charge in [0, 0.05) is 66.4 Å². The highest BCUT2D eigenvalue weighted by atomic mass is 16.4. The normalized spacial score (nSPS) is 11.7. The Morgan fingerprint density at radius 2 is 0.537 bits per heavy atom. The third kappa shape index (κ3) is 4.78. The quantitative estimate of drug-likeness (QED) is 0.174. The van der Waals surface area contributed by atoms with E-state index in [0.29, 0.717) is 0 Å². The topological polar surface area (TPSA) is 32.8 Å². The summed E-state index contributed by atoms with van der Waals surface area (Å²) < 4.78 is 13.6. The van der Waals surface area contributed by atoms with Gasteiger partial charge in [-0.25, -0.2) is 0 Å². The van der Waals surface area contributed by atoms with E-state index in [1.165, 1.54) is 0 Å². The van der Waals surface area contributed by atoms with Crippen LogP contribution in [-0.4, -0.2) is 0 Å². The molecule has 4 heteroatoms. The van der Waals surface area contributed by atoms with E-state index in [9.17, 15) is 0 Å². The van der Waals surface area contributed by atoms with E-state index in [4.69, 9.17) is 8.83 Å². The standard InChI is InChI=1S/C50H32N2O2/c1-5-13-35(14-6-1)51(36-15-7-2-8-16-36)39-23-27-41-33(31-39)21-25-43-45-29-30-46-44-26-22-34-32-40(24-28-42(34)48(44)54-50(46)49(45)53-47(41)43)52(37-17-9-3-10-18-37)38-19-11-4-12-20-38/h1-32H. The van der Waals surface area contributed by atoms with Gasteiger partial charge in [0.25, 0.3) is 0 Å². The molecule has 11 rings (SSSR count). The van der Waals surface area contributed by atoms with E-state index in [1.54, 1.807) is 0 Å². The van der Waals surface area contributed by atoms with Crippen molar-refractivity contribution in [2.24, 2.45) is 0 Å². The van der Waals surface area contributed by atoms with Gasteiger partial charge in [-0.3, -0.25) is 0 Å². The number of anilines is 6. The SMILES string of the molecule is c1ccc(N(c2ccccc2)c2ccc3c(ccc4c5ccc6c7ccc8cc(N(c9ccccc9)c9ccccc9)ccc8c7oc6c5oc34)c2)cc1. The monoisotopic (exact) mass is 692 g/mol. The summed E-state index contributed by atoms with van der Waals surface area (Å²) >= 11 is 0. The fourth-order valence-corrected chi connectivity index (χ4v) is 8.10. The Kier molecular flexibility index (Phi) is 6.82. The number of para-hydroxylation sites is 4. The van der Waals surface area contributed by atoms with Crippen molar-refractivity contribution in [3.05, 3.63) is 194 Å². The largest absolute Gasteiger partial charge is 0.451 e. The van der Waals surface area contributed by atoms with Crippen LogP contribution < -0.4 is 9.80 Å². The molecule has 0 saturated heterocycles. The maximum absolute atomic E-state index is 6.82. The Hall–Kier alpha value is -7.30. The van der Waals surface area contributed by atoms with E-state index in [2.05, 4.69) is 204 Å². The molecule has 0 atom stereocenters. The first-order chi connectivity index (χ1) is 26.8. The van der Waals surface area contributed by atoms with Gasteiger partial charge in [-0.15, -0.1) is 0 Å². The summed E-state index contributed by atoms with van der Waals surface area (Å²) in [5.41, 5.74) is 9.86. The molecule has 54 heavy (non-hydrogen) atoms. The van der Waals surface area contributed by atoms with Crippen LogP contribution in [0, 0.1) is 0 Å². The molecule has 0 aliphatic heterocycles. The number of rotatable bonds is 6. The van der Waals surface area contributed by atoms with E-state index < -0.39 is 0 Å². The molecule has 0 spiro atoms. The molecule has 0 radical (unpaired) electrons. The second-order valence-electron chi connectivity index (χ2n) is 13.7. The number of fused-ring (bicyclic) bond motifs is 11. The predicted molar refractivity (Wildman–Crippen MR) is 225 cm³/mol. The first kappa shape index (κ1) is 30.3. The van der Waals surface area contributed by atoms with Crippen LogP contribution in [0.5, 0.6) is 0 Å². The number of hydrogen-bond acceptors (Lipinski definition) is 4. The molecule has 0 N–H and O–H groups in total. The molecule has 4 nitrogen and oxygen atoms in total. The lowest BCUT2D eigenvalue weighted by Crippen LogP contribution is -2.09. The third-order valence-electron chi connectivity index (χ3n) is 10.6. The number of nitrogens with zero attached hydrogens (tertiary/aromatic N) is 2. The Morgan fingerprint density at radius 3 is 0.889 bits per heavy atom. The smallest absolute Gasteiger partial charge is 0.178 e. The average Bonchev–Trinajstić information content (AvgIpc) is 3.82. The number of hydrogen-bond donors (Lipinski definition) is 0. The van der Waals surface area contributed by atoms with Gasteiger partial charge in [-0.05, 0) is 120 Å². The summed E-state index contributed by atoms with van der Waals surface area (Å²) in [6.45, 7) is 0. The van der Waals surface area contributed by atoms with Crippen LogP contribution in [0.1, 0.15) is 0 Å². The van der Waals surface area contributed by atoms with Gasteiger partial charge >= 0.3 is 0 Å². The van der Waals surface area contributed by atoms with E-state index in [-0.39, 0.29) is 0 Å². The van der Waals surface area contributed by atoms with Gasteiger partial charge < -0.3 is 18.6 Å². The van der Waals surface area contributed by atoms with Crippen molar-refractivity contribution in [3.63, 3.8) is 0 Å². The Balaban J connectivity index is 1.05. The summed E-state index contributed by atoms with van der Waals surface area (Å²) in [5, 5.41) is 8.60. The maximum atomic E-state index is 6.82. The van der Waals surface area contributed by atoms with Crippen LogP contribution in [0.15, 0.2) is 203 Å². The second-order valence-corrected chi connectivity index (χ2v) is 13.7. The molecule has 0 aliphatic rings. The molecule has 0 aliphatic carbocycles. The Bertz CT molecular complexity index is 2860. The zero-order valence-corrected chi connectivity index (χ0v) is 29.2. The van der Waals surface area contributed by atoms with Crippen LogP contribution in [0.3, 0.4) is 0 Å². The fourth-order valence-electron chi connectivity index (χ4n) is 8.10. The van der Waals surface area contributed by atoms with Crippen molar-refractivity contribution in [2.45, 2.75) is 0 Å². The highest BCUT2D eigenvalue weighted by Gasteiger charge is 2.20. The molecule has 0 bridgehead atoms. The minimum Gasteiger partial charge on any atom is -0.451 e. The zero-order chi connectivity index (χ0) is 35.6. The van der Waals surface area contributed by atoms with Crippen LogP contribution in [0.2, 0.25) is 0 Å². The molecule has 0 unspecified atom stereocenters. The predicted octanol–water partition coefficient (Wildman–Crippen LogP) is 14.7. The highest BCUT2D eigenvalue weighted by molar-refractivity contribution is 6.24. The first-order valence-electron chi connectivity index (χ1n) is 18.3. The maximum Gasteiger partial charge on any atom is 0.178 e. The summed E-state index contributed by atoms with van der Waals surface area (Å²) in [6.07, 6.45) is 0. The summed E-state index contributed by atoms with van der Waals surface area (Å²) in [4.78, 5) is 4.57. The molecule has 2 aromatic heterocycles. The molecule has 9 aromatic carbocycles. The van der Waals surface area contributed by atoms with Gasteiger partial charge in [0.15, 0.2) is 11.2 Å². The van der Waals surface area contributed by atoms with E-state index >= 15 is 0 Å². The Labute approximate surface area is 311 Å². The van der Waals surface area contributed by atoms with Crippen molar-refractivity contribution in [1.82, 2.24) is 0 Å². The molecular weight excluding hydrogens is 661 g/mol. The van der Waals surface area contributed by atoms with Gasteiger partial charge in [-0.1, -0.05) is 84.9 Å². The highest BCUT2D eigenvalue weighted by Crippen LogP contribution is 2.44. The fraction of sp³-hybridized carbons (Fsp3) is 0. The molecule has 11 aromatic rings. The van der Waals surface area contributed by atoms with Crippen LogP contribution in [-0.2, 0) is 0 Å². The average molecular weight is 693 g/mol. The first-order valence-corrected chi connectivity index (χ1v) is 18.3. The lowest BCUT2D eigenvalue weighted by molar-refractivity contribution is 0.637. The van der Waals surface area contributed by atoms with Gasteiger partial charge in [0.1, 0.15) is 11.2 Å². The summed E-state index contributed by atoms with van der Waals surface area (Å²) in [5.74, 6) is 0. The number of furan rings is 2. The molecular formula is C50H32N2O2.